The van der Waals surface area contributed by atoms with Crippen LogP contribution in [0.1, 0.15) is 44.1 Å². The molecule has 0 amide bonds. The molecule has 38 heavy (non-hydrogen) atoms. The van der Waals surface area contributed by atoms with Crippen LogP contribution in [0.15, 0.2) is 77.7 Å². The highest BCUT2D eigenvalue weighted by Crippen LogP contribution is 2.29. The summed E-state index contributed by atoms with van der Waals surface area (Å²) in [5.74, 6) is 1.43. The highest BCUT2D eigenvalue weighted by atomic mass is 32.2. The number of hydrogen-bond donors (Lipinski definition) is 1. The molecule has 0 bridgehead atoms. The molecule has 0 saturated carbocycles. The SMILES string of the molecule is CC(C)c1ccc(Nc2nc([C@@H](C)N3CCN(S(=O)(=O)c4ccc(F)cc4)CC3)nc3ccccc23)cc1. The fourth-order valence-corrected chi connectivity index (χ4v) is 6.14. The number of halogens is 1. The molecular formula is C29H32FN5O2S. The molecule has 1 saturated heterocycles. The van der Waals surface area contributed by atoms with E-state index in [0.29, 0.717) is 37.9 Å². The maximum absolute atomic E-state index is 13.3. The van der Waals surface area contributed by atoms with E-state index in [1.807, 2.05) is 24.3 Å². The molecule has 5 rings (SSSR count). The number of rotatable bonds is 7. The summed E-state index contributed by atoms with van der Waals surface area (Å²) in [7, 11) is -3.67. The first-order valence-corrected chi connectivity index (χ1v) is 14.3. The third-order valence-electron chi connectivity index (χ3n) is 7.11. The van der Waals surface area contributed by atoms with E-state index in [-0.39, 0.29) is 10.9 Å². The van der Waals surface area contributed by atoms with Gasteiger partial charge in [0.2, 0.25) is 10.0 Å². The molecule has 1 aliphatic heterocycles. The third kappa shape index (κ3) is 5.41. The van der Waals surface area contributed by atoms with Crippen LogP contribution >= 0.6 is 0 Å². The van der Waals surface area contributed by atoms with Crippen molar-refractivity contribution in [2.75, 3.05) is 31.5 Å². The molecule has 3 aromatic carbocycles. The molecule has 2 heterocycles. The topological polar surface area (TPSA) is 78.4 Å². The Hall–Kier alpha value is -3.40. The van der Waals surface area contributed by atoms with Crippen LogP contribution in [0.2, 0.25) is 0 Å². The predicted molar refractivity (Wildman–Crippen MR) is 148 cm³/mol. The summed E-state index contributed by atoms with van der Waals surface area (Å²) in [5, 5.41) is 4.41. The summed E-state index contributed by atoms with van der Waals surface area (Å²) < 4.78 is 40.8. The van der Waals surface area contributed by atoms with E-state index >= 15 is 0 Å². The van der Waals surface area contributed by atoms with Crippen molar-refractivity contribution in [2.24, 2.45) is 0 Å². The van der Waals surface area contributed by atoms with E-state index in [1.54, 1.807) is 0 Å². The smallest absolute Gasteiger partial charge is 0.243 e. The Morgan fingerprint density at radius 1 is 0.842 bits per heavy atom. The maximum Gasteiger partial charge on any atom is 0.243 e. The molecule has 1 N–H and O–H groups in total. The average molecular weight is 534 g/mol. The van der Waals surface area contributed by atoms with Gasteiger partial charge in [0.15, 0.2) is 0 Å². The lowest BCUT2D eigenvalue weighted by molar-refractivity contribution is 0.141. The van der Waals surface area contributed by atoms with Gasteiger partial charge in [-0.15, -0.1) is 0 Å². The normalized spacial score (nSPS) is 16.1. The van der Waals surface area contributed by atoms with Crippen molar-refractivity contribution in [1.82, 2.24) is 19.2 Å². The molecule has 4 aromatic rings. The quantitative estimate of drug-likeness (QED) is 0.328. The highest BCUT2D eigenvalue weighted by Gasteiger charge is 2.31. The zero-order valence-corrected chi connectivity index (χ0v) is 22.6. The van der Waals surface area contributed by atoms with E-state index in [9.17, 15) is 12.8 Å². The second kappa shape index (κ2) is 10.8. The molecular weight excluding hydrogens is 501 g/mol. The lowest BCUT2D eigenvalue weighted by Crippen LogP contribution is -2.49. The minimum absolute atomic E-state index is 0.107. The van der Waals surface area contributed by atoms with Crippen LogP contribution in [0, 0.1) is 5.82 Å². The largest absolute Gasteiger partial charge is 0.340 e. The second-order valence-electron chi connectivity index (χ2n) is 9.92. The van der Waals surface area contributed by atoms with E-state index < -0.39 is 15.8 Å². The van der Waals surface area contributed by atoms with Crippen molar-refractivity contribution in [3.05, 3.63) is 90.0 Å². The van der Waals surface area contributed by atoms with E-state index in [1.165, 1.54) is 34.1 Å². The maximum atomic E-state index is 13.3. The zero-order chi connectivity index (χ0) is 26.9. The van der Waals surface area contributed by atoms with Gasteiger partial charge in [0.25, 0.3) is 0 Å². The van der Waals surface area contributed by atoms with Crippen LogP contribution in [0.4, 0.5) is 15.9 Å². The van der Waals surface area contributed by atoms with Gasteiger partial charge in [-0.1, -0.05) is 38.1 Å². The van der Waals surface area contributed by atoms with Crippen molar-refractivity contribution in [3.8, 4) is 0 Å². The van der Waals surface area contributed by atoms with Crippen LogP contribution in [0.25, 0.3) is 10.9 Å². The lowest BCUT2D eigenvalue weighted by Gasteiger charge is -2.36. The van der Waals surface area contributed by atoms with Gasteiger partial charge in [0, 0.05) is 37.3 Å². The van der Waals surface area contributed by atoms with Crippen molar-refractivity contribution >= 4 is 32.4 Å². The van der Waals surface area contributed by atoms with Gasteiger partial charge < -0.3 is 5.32 Å². The van der Waals surface area contributed by atoms with Gasteiger partial charge >= 0.3 is 0 Å². The monoisotopic (exact) mass is 533 g/mol. The molecule has 0 unspecified atom stereocenters. The second-order valence-corrected chi connectivity index (χ2v) is 11.9. The summed E-state index contributed by atoms with van der Waals surface area (Å²) >= 11 is 0. The first kappa shape index (κ1) is 26.2. The predicted octanol–water partition coefficient (Wildman–Crippen LogP) is 5.70. The number of anilines is 2. The summed E-state index contributed by atoms with van der Waals surface area (Å²) in [5.41, 5.74) is 3.08. The number of benzene rings is 3. The van der Waals surface area contributed by atoms with E-state index in [2.05, 4.69) is 55.3 Å². The van der Waals surface area contributed by atoms with Crippen molar-refractivity contribution in [1.29, 1.82) is 0 Å². The highest BCUT2D eigenvalue weighted by molar-refractivity contribution is 7.89. The third-order valence-corrected chi connectivity index (χ3v) is 9.02. The van der Waals surface area contributed by atoms with Crippen LogP contribution < -0.4 is 5.32 Å². The van der Waals surface area contributed by atoms with Crippen molar-refractivity contribution in [2.45, 2.75) is 37.6 Å². The molecule has 1 aliphatic rings. The standard InChI is InChI=1S/C29H32FN5O2S/c1-20(2)22-8-12-24(13-9-22)31-29-26-6-4-5-7-27(26)32-28(33-29)21(3)34-16-18-35(19-17-34)38(36,37)25-14-10-23(30)11-15-25/h4-15,20-21H,16-19H2,1-3H3,(H,31,32,33)/t21-/m1/s1. The molecule has 1 fully saturated rings. The first-order valence-electron chi connectivity index (χ1n) is 12.9. The van der Waals surface area contributed by atoms with Crippen molar-refractivity contribution < 1.29 is 12.8 Å². The number of nitrogens with zero attached hydrogens (tertiary/aromatic N) is 4. The summed E-state index contributed by atoms with van der Waals surface area (Å²) in [4.78, 5) is 12.1. The summed E-state index contributed by atoms with van der Waals surface area (Å²) in [6.07, 6.45) is 0. The summed E-state index contributed by atoms with van der Waals surface area (Å²) in [6.45, 7) is 8.15. The van der Waals surface area contributed by atoms with Gasteiger partial charge in [-0.2, -0.15) is 4.31 Å². The molecule has 0 radical (unpaired) electrons. The number of sulfonamides is 1. The van der Waals surface area contributed by atoms with Gasteiger partial charge in [0.1, 0.15) is 17.5 Å². The van der Waals surface area contributed by atoms with Gasteiger partial charge in [-0.05, 0) is 66.9 Å². The van der Waals surface area contributed by atoms with Crippen molar-refractivity contribution in [3.63, 3.8) is 0 Å². The molecule has 9 heteroatoms. The Labute approximate surface area is 223 Å². The number of nitrogens with one attached hydrogen (secondary N) is 1. The van der Waals surface area contributed by atoms with Crippen LogP contribution in [0.3, 0.4) is 0 Å². The minimum atomic E-state index is -3.67. The Balaban J connectivity index is 1.35. The molecule has 1 aromatic heterocycles. The molecule has 198 valence electrons. The Bertz CT molecular complexity index is 1520. The number of fused-ring (bicyclic) bond motifs is 1. The Kier molecular flexibility index (Phi) is 7.43. The summed E-state index contributed by atoms with van der Waals surface area (Å²) in [6, 6.07) is 21.2. The van der Waals surface area contributed by atoms with Crippen LogP contribution in [-0.4, -0.2) is 53.8 Å². The number of piperazine rings is 1. The van der Waals surface area contributed by atoms with E-state index in [0.717, 1.165) is 22.4 Å². The first-order chi connectivity index (χ1) is 18.2. The van der Waals surface area contributed by atoms with Crippen LogP contribution in [-0.2, 0) is 10.0 Å². The zero-order valence-electron chi connectivity index (χ0n) is 21.8. The minimum Gasteiger partial charge on any atom is -0.340 e. The van der Waals surface area contributed by atoms with Gasteiger partial charge in [0.05, 0.1) is 16.5 Å². The van der Waals surface area contributed by atoms with Gasteiger partial charge in [-0.3, -0.25) is 4.90 Å². The fraction of sp³-hybridized carbons (Fsp3) is 0.310. The molecule has 1 atom stereocenters. The molecule has 7 nitrogen and oxygen atoms in total. The average Bonchev–Trinajstić information content (AvgIpc) is 2.93. The molecule has 0 aliphatic carbocycles. The van der Waals surface area contributed by atoms with Crippen LogP contribution in [0.5, 0.6) is 0 Å². The Morgan fingerprint density at radius 3 is 2.16 bits per heavy atom. The Morgan fingerprint density at radius 2 is 1.50 bits per heavy atom. The van der Waals surface area contributed by atoms with E-state index in [4.69, 9.17) is 9.97 Å². The number of aromatic nitrogens is 2. The molecule has 0 spiro atoms. The lowest BCUT2D eigenvalue weighted by atomic mass is 10.0. The fourth-order valence-electron chi connectivity index (χ4n) is 4.71. The van der Waals surface area contributed by atoms with Gasteiger partial charge in [-0.25, -0.2) is 22.8 Å². The number of hydrogen-bond acceptors (Lipinski definition) is 6. The number of para-hydroxylation sites is 1.